The molecule has 0 aliphatic heterocycles. The van der Waals surface area contributed by atoms with Gasteiger partial charge in [0.25, 0.3) is 11.8 Å². The summed E-state index contributed by atoms with van der Waals surface area (Å²) in [6.07, 6.45) is 0.660. The molecule has 0 saturated heterocycles. The highest BCUT2D eigenvalue weighted by Crippen LogP contribution is 2.51. The molecule has 1 saturated carbocycles. The van der Waals surface area contributed by atoms with Gasteiger partial charge in [-0.3, -0.25) is 14.8 Å². The molecule has 8 heteroatoms. The lowest BCUT2D eigenvalue weighted by Gasteiger charge is -2.29. The molecule has 2 rings (SSSR count). The van der Waals surface area contributed by atoms with Gasteiger partial charge in [-0.15, -0.1) is 0 Å². The molecule has 0 bridgehead atoms. The Balaban J connectivity index is 2.01. The van der Waals surface area contributed by atoms with Crippen LogP contribution < -0.4 is 16.5 Å². The fourth-order valence-electron chi connectivity index (χ4n) is 2.75. The number of hydrogen-bond donors (Lipinski definition) is 6. The lowest BCUT2D eigenvalue weighted by atomic mass is 9.95. The third kappa shape index (κ3) is 5.57. The van der Waals surface area contributed by atoms with E-state index < -0.39 is 28.8 Å². The van der Waals surface area contributed by atoms with Crippen molar-refractivity contribution in [2.24, 2.45) is 17.1 Å². The second-order valence-electron chi connectivity index (χ2n) is 7.74. The van der Waals surface area contributed by atoms with E-state index in [-0.39, 0.29) is 19.1 Å². The molecule has 1 aromatic carbocycles. The van der Waals surface area contributed by atoms with Crippen LogP contribution in [0.4, 0.5) is 0 Å². The number of hydroxylamine groups is 1. The van der Waals surface area contributed by atoms with Crippen molar-refractivity contribution in [2.45, 2.75) is 31.8 Å². The van der Waals surface area contributed by atoms with Gasteiger partial charge in [0.2, 0.25) is 0 Å². The van der Waals surface area contributed by atoms with Gasteiger partial charge in [-0.25, -0.2) is 5.48 Å². The zero-order valence-corrected chi connectivity index (χ0v) is 16.3. The van der Waals surface area contributed by atoms with E-state index in [0.717, 1.165) is 0 Å². The van der Waals surface area contributed by atoms with Crippen LogP contribution in [0.15, 0.2) is 24.3 Å². The van der Waals surface area contributed by atoms with Crippen molar-refractivity contribution in [3.63, 3.8) is 0 Å². The van der Waals surface area contributed by atoms with E-state index in [1.165, 1.54) is 5.48 Å². The highest BCUT2D eigenvalue weighted by Gasteiger charge is 2.52. The van der Waals surface area contributed by atoms with Crippen LogP contribution in [0.2, 0.25) is 0 Å². The molecule has 1 unspecified atom stereocenters. The predicted octanol–water partition coefficient (Wildman–Crippen LogP) is -0.626. The molecule has 7 N–H and O–H groups in total. The smallest absolute Gasteiger partial charge is 0.267 e. The Kier molecular flexibility index (Phi) is 7.02. The average molecular weight is 399 g/mol. The zero-order valence-electron chi connectivity index (χ0n) is 16.3. The van der Waals surface area contributed by atoms with Crippen LogP contribution in [0.25, 0.3) is 0 Å². The van der Waals surface area contributed by atoms with Gasteiger partial charge in [0, 0.05) is 28.0 Å². The van der Waals surface area contributed by atoms with Gasteiger partial charge in [0.05, 0.1) is 13.2 Å². The standard InChI is InChI=1S/C21H25N3O5/c1-20(2,22)17(19(28)24-29)23-18(27)15-9-7-14(8-10-15)5-3-4-6-16-11-21(16,12-25)13-26/h7-10,16-17,25-26,29H,11-13,22H2,1-2H3,(H,23,27)(H,24,28)/t16-,17?/m0/s1. The normalized spacial score (nSPS) is 17.7. The Hall–Kier alpha value is -2.88. The van der Waals surface area contributed by atoms with Crippen LogP contribution in [0.5, 0.6) is 0 Å². The lowest BCUT2D eigenvalue weighted by molar-refractivity contribution is -0.132. The molecule has 0 heterocycles. The first-order chi connectivity index (χ1) is 13.7. The average Bonchev–Trinajstić information content (AvgIpc) is 3.42. The maximum atomic E-state index is 12.4. The van der Waals surface area contributed by atoms with E-state index in [2.05, 4.69) is 29.0 Å². The largest absolute Gasteiger partial charge is 0.396 e. The van der Waals surface area contributed by atoms with Gasteiger partial charge >= 0.3 is 0 Å². The summed E-state index contributed by atoms with van der Waals surface area (Å²) < 4.78 is 0. The number of rotatable bonds is 6. The number of aliphatic hydroxyl groups excluding tert-OH is 2. The summed E-state index contributed by atoms with van der Waals surface area (Å²) in [6, 6.07) is 5.26. The molecule has 2 amide bonds. The fraction of sp³-hybridized carbons (Fsp3) is 0.429. The monoisotopic (exact) mass is 399 g/mol. The quantitative estimate of drug-likeness (QED) is 0.214. The molecule has 0 spiro atoms. The summed E-state index contributed by atoms with van der Waals surface area (Å²) in [6.45, 7) is 2.92. The minimum Gasteiger partial charge on any atom is -0.396 e. The van der Waals surface area contributed by atoms with Gasteiger partial charge < -0.3 is 21.3 Å². The molecule has 1 aliphatic rings. The van der Waals surface area contributed by atoms with Crippen molar-refractivity contribution in [1.82, 2.24) is 10.8 Å². The van der Waals surface area contributed by atoms with Crippen molar-refractivity contribution in [2.75, 3.05) is 13.2 Å². The topological polar surface area (TPSA) is 145 Å². The minimum atomic E-state index is -1.12. The fourth-order valence-corrected chi connectivity index (χ4v) is 2.75. The summed E-state index contributed by atoms with van der Waals surface area (Å²) in [5, 5.41) is 29.8. The van der Waals surface area contributed by atoms with E-state index >= 15 is 0 Å². The van der Waals surface area contributed by atoms with Crippen LogP contribution in [0.3, 0.4) is 0 Å². The first kappa shape index (κ1) is 22.4. The summed E-state index contributed by atoms with van der Waals surface area (Å²) in [4.78, 5) is 24.1. The van der Waals surface area contributed by atoms with Gasteiger partial charge in [-0.05, 0) is 56.4 Å². The molecule has 29 heavy (non-hydrogen) atoms. The van der Waals surface area contributed by atoms with Crippen molar-refractivity contribution >= 4 is 11.8 Å². The highest BCUT2D eigenvalue weighted by molar-refractivity contribution is 5.97. The summed E-state index contributed by atoms with van der Waals surface area (Å²) in [5.41, 5.74) is 6.75. The first-order valence-electron chi connectivity index (χ1n) is 9.04. The zero-order chi connectivity index (χ0) is 21.7. The van der Waals surface area contributed by atoms with Crippen LogP contribution in [0.1, 0.15) is 36.2 Å². The van der Waals surface area contributed by atoms with E-state index in [4.69, 9.17) is 10.9 Å². The van der Waals surface area contributed by atoms with E-state index in [9.17, 15) is 19.8 Å². The Morgan fingerprint density at radius 2 is 1.86 bits per heavy atom. The van der Waals surface area contributed by atoms with E-state index in [1.54, 1.807) is 38.1 Å². The van der Waals surface area contributed by atoms with Gasteiger partial charge in [0.15, 0.2) is 0 Å². The van der Waals surface area contributed by atoms with Crippen molar-refractivity contribution in [3.05, 3.63) is 35.4 Å². The second kappa shape index (κ2) is 9.08. The van der Waals surface area contributed by atoms with Crippen molar-refractivity contribution < 1.29 is 25.0 Å². The number of nitrogens with one attached hydrogen (secondary N) is 2. The number of carbonyl (C=O) groups is 2. The second-order valence-corrected chi connectivity index (χ2v) is 7.74. The summed E-state index contributed by atoms with van der Waals surface area (Å²) >= 11 is 0. The molecular weight excluding hydrogens is 374 g/mol. The molecular formula is C21H25N3O5. The molecule has 1 aliphatic carbocycles. The third-order valence-electron chi connectivity index (χ3n) is 4.87. The van der Waals surface area contributed by atoms with E-state index in [1.807, 2.05) is 0 Å². The summed E-state index contributed by atoms with van der Waals surface area (Å²) in [5.74, 6) is 9.83. The number of nitrogens with two attached hydrogens (primary N) is 1. The first-order valence-corrected chi connectivity index (χ1v) is 9.04. The van der Waals surface area contributed by atoms with Crippen molar-refractivity contribution in [3.8, 4) is 23.7 Å². The van der Waals surface area contributed by atoms with Gasteiger partial charge in [0.1, 0.15) is 6.04 Å². The number of hydrogen-bond acceptors (Lipinski definition) is 6. The number of benzene rings is 1. The third-order valence-corrected chi connectivity index (χ3v) is 4.87. The van der Waals surface area contributed by atoms with Crippen LogP contribution >= 0.6 is 0 Å². The molecule has 0 aromatic heterocycles. The molecule has 2 atom stereocenters. The molecule has 1 fully saturated rings. The lowest BCUT2D eigenvalue weighted by Crippen LogP contribution is -2.61. The number of aliphatic hydroxyl groups is 2. The van der Waals surface area contributed by atoms with Crippen LogP contribution in [-0.2, 0) is 4.79 Å². The van der Waals surface area contributed by atoms with E-state index in [0.29, 0.717) is 17.5 Å². The maximum absolute atomic E-state index is 12.4. The van der Waals surface area contributed by atoms with Crippen LogP contribution in [0, 0.1) is 35.0 Å². The molecule has 154 valence electrons. The molecule has 0 radical (unpaired) electrons. The van der Waals surface area contributed by atoms with Crippen molar-refractivity contribution in [1.29, 1.82) is 0 Å². The highest BCUT2D eigenvalue weighted by atomic mass is 16.5. The molecule has 1 aromatic rings. The Bertz CT molecular complexity index is 877. The van der Waals surface area contributed by atoms with Gasteiger partial charge in [-0.2, -0.15) is 0 Å². The Morgan fingerprint density at radius 3 is 2.34 bits per heavy atom. The van der Waals surface area contributed by atoms with Crippen LogP contribution in [-0.4, -0.2) is 52.0 Å². The Morgan fingerprint density at radius 1 is 1.24 bits per heavy atom. The van der Waals surface area contributed by atoms with Gasteiger partial charge in [-0.1, -0.05) is 11.8 Å². The Labute approximate surface area is 169 Å². The summed E-state index contributed by atoms with van der Waals surface area (Å²) in [7, 11) is 0. The number of carbonyl (C=O) groups excluding carboxylic acids is 2. The maximum Gasteiger partial charge on any atom is 0.267 e. The predicted molar refractivity (Wildman–Crippen MR) is 105 cm³/mol. The SMILES string of the molecule is CC(C)(N)C(NC(=O)c1ccc(C#CC#C[C@H]2CC2(CO)CO)cc1)C(=O)NO. The molecule has 8 nitrogen and oxygen atoms in total. The number of amides is 2. The minimum absolute atomic E-state index is 0.0475.